The summed E-state index contributed by atoms with van der Waals surface area (Å²) in [4.78, 5) is 71.3. The van der Waals surface area contributed by atoms with Crippen LogP contribution in [0, 0.1) is 16.7 Å². The number of carbonyl (C=O) groups is 5. The molecule has 7 N–H and O–H groups in total. The molecule has 364 valence electrons. The van der Waals surface area contributed by atoms with Crippen LogP contribution in [0.4, 0.5) is 0 Å². The van der Waals surface area contributed by atoms with Gasteiger partial charge in [-0.05, 0) is 54.8 Å². The third-order valence-corrected chi connectivity index (χ3v) is 14.9. The third-order valence-electron chi connectivity index (χ3n) is 14.9. The Morgan fingerprint density at radius 1 is 0.824 bits per heavy atom. The first-order valence-electron chi connectivity index (χ1n) is 22.5. The van der Waals surface area contributed by atoms with Crippen molar-refractivity contribution in [3.05, 3.63) is 119 Å². The van der Waals surface area contributed by atoms with E-state index in [0.29, 0.717) is 5.56 Å². The Hall–Kier alpha value is -5.41. The first-order valence-corrected chi connectivity index (χ1v) is 22.5. The summed E-state index contributed by atoms with van der Waals surface area (Å²) in [5, 5.41) is 72.9. The fourth-order valence-corrected chi connectivity index (χ4v) is 11.2. The second-order valence-corrected chi connectivity index (χ2v) is 19.1. The van der Waals surface area contributed by atoms with Gasteiger partial charge in [-0.3, -0.25) is 14.4 Å². The van der Waals surface area contributed by atoms with Gasteiger partial charge in [0.1, 0.15) is 48.3 Å². The smallest absolute Gasteiger partial charge is 0.338 e. The summed E-state index contributed by atoms with van der Waals surface area (Å²) in [5.41, 5.74) is -7.60. The van der Waals surface area contributed by atoms with Crippen LogP contribution in [0.2, 0.25) is 0 Å². The van der Waals surface area contributed by atoms with Crippen molar-refractivity contribution in [3.8, 4) is 0 Å². The highest BCUT2D eigenvalue weighted by molar-refractivity contribution is 5.95. The van der Waals surface area contributed by atoms with E-state index >= 15 is 4.79 Å². The van der Waals surface area contributed by atoms with Gasteiger partial charge in [0, 0.05) is 30.7 Å². The van der Waals surface area contributed by atoms with Crippen LogP contribution in [0.5, 0.6) is 0 Å². The minimum Gasteiger partial charge on any atom is -0.456 e. The Balaban J connectivity index is 1.26. The number of carbonyl (C=O) groups excluding carboxylic acids is 5. The summed E-state index contributed by atoms with van der Waals surface area (Å²) in [5.74, 6) is -6.29. The molecular formula is C50H57NO17. The van der Waals surface area contributed by atoms with Crippen LogP contribution in [-0.4, -0.2) is 146 Å². The lowest BCUT2D eigenvalue weighted by Crippen LogP contribution is -2.82. The molecule has 0 spiro atoms. The number of amides is 1. The summed E-state index contributed by atoms with van der Waals surface area (Å²) < 4.78 is 36.8. The zero-order valence-corrected chi connectivity index (χ0v) is 38.1. The molecule has 68 heavy (non-hydrogen) atoms. The maximum atomic E-state index is 15.7. The van der Waals surface area contributed by atoms with Crippen LogP contribution in [0.25, 0.3) is 0 Å². The van der Waals surface area contributed by atoms with Gasteiger partial charge in [-0.15, -0.1) is 0 Å². The Morgan fingerprint density at radius 3 is 2.01 bits per heavy atom. The van der Waals surface area contributed by atoms with Gasteiger partial charge in [-0.1, -0.05) is 80.6 Å². The second-order valence-electron chi connectivity index (χ2n) is 19.1. The summed E-state index contributed by atoms with van der Waals surface area (Å²) in [6, 6.07) is 22.7. The first-order chi connectivity index (χ1) is 32.2. The number of aliphatic hydroxyl groups is 6. The Morgan fingerprint density at radius 2 is 1.43 bits per heavy atom. The van der Waals surface area contributed by atoms with E-state index in [-0.39, 0.29) is 35.3 Å². The van der Waals surface area contributed by atoms with Crippen LogP contribution < -0.4 is 5.32 Å². The van der Waals surface area contributed by atoms with Gasteiger partial charge in [-0.2, -0.15) is 0 Å². The predicted octanol–water partition coefficient (Wildman–Crippen LogP) is 1.63. The Kier molecular flexibility index (Phi) is 13.3. The van der Waals surface area contributed by atoms with Crippen molar-refractivity contribution in [3.63, 3.8) is 0 Å². The largest absolute Gasteiger partial charge is 0.456 e. The number of rotatable bonds is 11. The van der Waals surface area contributed by atoms with Crippen molar-refractivity contribution in [2.45, 2.75) is 126 Å². The van der Waals surface area contributed by atoms with Crippen LogP contribution in [0.1, 0.15) is 79.8 Å². The van der Waals surface area contributed by atoms with Crippen LogP contribution in [0.3, 0.4) is 0 Å². The van der Waals surface area contributed by atoms with Crippen molar-refractivity contribution in [2.24, 2.45) is 16.7 Å². The average Bonchev–Trinajstić information content (AvgIpc) is 3.31. The lowest BCUT2D eigenvalue weighted by Gasteiger charge is -2.68. The summed E-state index contributed by atoms with van der Waals surface area (Å²) in [6.45, 7) is 6.21. The van der Waals surface area contributed by atoms with Gasteiger partial charge in [0.05, 0.1) is 42.3 Å². The molecular weight excluding hydrogens is 887 g/mol. The van der Waals surface area contributed by atoms with E-state index in [1.165, 1.54) is 39.8 Å². The quantitative estimate of drug-likeness (QED) is 0.0818. The molecule has 3 aliphatic carbocycles. The lowest BCUT2D eigenvalue weighted by molar-refractivity contribution is -0.366. The number of hydrogen-bond donors (Lipinski definition) is 7. The molecule has 8 rings (SSSR count). The number of ether oxygens (including phenoxy) is 6. The first kappa shape index (κ1) is 49.0. The fraction of sp³-hybridized carbons (Fsp3) is 0.500. The molecule has 0 radical (unpaired) electrons. The molecule has 2 heterocycles. The van der Waals surface area contributed by atoms with Crippen LogP contribution in [0.15, 0.2) is 102 Å². The van der Waals surface area contributed by atoms with E-state index in [4.69, 9.17) is 28.4 Å². The van der Waals surface area contributed by atoms with Crippen molar-refractivity contribution >= 4 is 29.6 Å². The number of esters is 3. The number of aliphatic hydroxyl groups excluding tert-OH is 5. The van der Waals surface area contributed by atoms with Crippen LogP contribution in [-0.2, 0) is 42.8 Å². The third kappa shape index (κ3) is 8.14. The number of benzene rings is 3. The van der Waals surface area contributed by atoms with Gasteiger partial charge < -0.3 is 64.4 Å². The Bertz CT molecular complexity index is 2430. The van der Waals surface area contributed by atoms with Gasteiger partial charge in [-0.25, -0.2) is 9.59 Å². The van der Waals surface area contributed by atoms with Gasteiger partial charge in [0.25, 0.3) is 5.91 Å². The van der Waals surface area contributed by atoms with E-state index in [1.807, 2.05) is 0 Å². The molecule has 4 fully saturated rings. The maximum Gasteiger partial charge on any atom is 0.338 e. The second kappa shape index (κ2) is 18.5. The molecule has 3 aromatic carbocycles. The van der Waals surface area contributed by atoms with E-state index in [0.717, 1.165) is 6.92 Å². The highest BCUT2D eigenvalue weighted by atomic mass is 16.7. The summed E-state index contributed by atoms with van der Waals surface area (Å²) in [7, 11) is 0. The molecule has 5 aliphatic rings. The van der Waals surface area contributed by atoms with E-state index in [1.54, 1.807) is 78.9 Å². The zero-order valence-electron chi connectivity index (χ0n) is 38.1. The number of hydrogen-bond acceptors (Lipinski definition) is 17. The molecule has 2 saturated heterocycles. The fourth-order valence-electron chi connectivity index (χ4n) is 11.2. The molecule has 0 aromatic heterocycles. The molecule has 2 aliphatic heterocycles. The highest BCUT2D eigenvalue weighted by Gasteiger charge is 2.78. The predicted molar refractivity (Wildman–Crippen MR) is 235 cm³/mol. The number of ketones is 1. The van der Waals surface area contributed by atoms with E-state index in [9.17, 15) is 49.8 Å². The molecule has 18 heteroatoms. The number of nitrogens with one attached hydrogen (secondary N) is 1. The van der Waals surface area contributed by atoms with Gasteiger partial charge >= 0.3 is 17.9 Å². The van der Waals surface area contributed by atoms with E-state index < -0.39 is 138 Å². The number of Topliss-reactive ketones (excluding diaryl/α,β-unsaturated/α-hetero) is 1. The minimum atomic E-state index is -2.47. The standard InChI is InChI=1S/C50H57NO17/c1-25-31(65-45(61)38(56)35(27-15-9-6-10-16-27)51-43(59)28-17-11-7-12-18-28)22-50(62)42(67-44(60)29-19-13-8-14-20-29)40-48(5,41(58)37(55)34(25)47(50,3)4)32(21-33-49(40,24-64-33)68-26(2)52)66-46-39(57)36(54)30(53)23-63-46/h6-20,30-33,35-40,42,46,53-57,62H,21-24H2,1-5H3,(H,51,59)/t30-,31+,32?,33-,35+,36+,37-,38-,39-,40+,42+,46-,48-,49+,50-/m1/s1. The average molecular weight is 944 g/mol. The Labute approximate surface area is 391 Å². The molecule has 1 unspecified atom stereocenters. The van der Waals surface area contributed by atoms with Crippen molar-refractivity contribution in [1.29, 1.82) is 0 Å². The van der Waals surface area contributed by atoms with Crippen molar-refractivity contribution in [1.82, 2.24) is 5.32 Å². The van der Waals surface area contributed by atoms with Gasteiger partial charge in [0.2, 0.25) is 0 Å². The normalized spacial score (nSPS) is 36.0. The topological polar surface area (TPSA) is 274 Å². The SMILES string of the molecule is CC(=O)O[C@@]12CO[C@@H]1CC(O[C@H]1OC[C@@H](O)[C@H](O)[C@H]1O)[C@@]1(C)C(=O)[C@H](O)C3=C(C)[C@@H](OC(=O)[C@H](O)[C@@H](NC(=O)c4ccccc4)c4ccccc4)C[C@@](O)([C@@H](OC(=O)c4ccccc4)[C@H]21)C3(C)C. The summed E-state index contributed by atoms with van der Waals surface area (Å²) >= 11 is 0. The lowest BCUT2D eigenvalue weighted by atomic mass is 9.44. The molecule has 1 amide bonds. The monoisotopic (exact) mass is 943 g/mol. The molecule has 2 bridgehead atoms. The zero-order chi connectivity index (χ0) is 49.1. The molecule has 2 saturated carbocycles. The minimum absolute atomic E-state index is 0.0280. The number of fused-ring (bicyclic) bond motifs is 5. The highest BCUT2D eigenvalue weighted by Crippen LogP contribution is 2.65. The molecule has 3 aromatic rings. The molecule has 18 nitrogen and oxygen atoms in total. The van der Waals surface area contributed by atoms with Crippen molar-refractivity contribution < 1.29 is 83.0 Å². The summed E-state index contributed by atoms with van der Waals surface area (Å²) in [6.07, 6.45) is -17.8. The van der Waals surface area contributed by atoms with Gasteiger partial charge in [0.15, 0.2) is 23.8 Å². The molecule has 15 atom stereocenters. The van der Waals surface area contributed by atoms with Crippen molar-refractivity contribution in [2.75, 3.05) is 13.2 Å². The van der Waals surface area contributed by atoms with Crippen LogP contribution >= 0.6 is 0 Å². The van der Waals surface area contributed by atoms with E-state index in [2.05, 4.69) is 5.32 Å². The maximum absolute atomic E-state index is 15.7.